The third kappa shape index (κ3) is 3.18. The Morgan fingerprint density at radius 2 is 1.83 bits per heavy atom. The van der Waals surface area contributed by atoms with Gasteiger partial charge in [0.2, 0.25) is 5.91 Å². The van der Waals surface area contributed by atoms with Gasteiger partial charge in [0.05, 0.1) is 25.3 Å². The van der Waals surface area contributed by atoms with Crippen molar-refractivity contribution in [2.45, 2.75) is 51.6 Å². The van der Waals surface area contributed by atoms with Crippen molar-refractivity contribution in [3.63, 3.8) is 0 Å². The summed E-state index contributed by atoms with van der Waals surface area (Å²) in [5.41, 5.74) is 0.611. The Kier molecular flexibility index (Phi) is 4.90. The highest BCUT2D eigenvalue weighted by atomic mass is 16.5. The quantitative estimate of drug-likeness (QED) is 0.863. The van der Waals surface area contributed by atoms with Crippen molar-refractivity contribution in [3.05, 3.63) is 24.3 Å². The highest BCUT2D eigenvalue weighted by Gasteiger charge is 2.41. The number of ether oxygens (including phenoxy) is 1. The normalized spacial score (nSPS) is 30.7. The number of nitrogens with zero attached hydrogens (tertiary/aromatic N) is 1. The maximum atomic E-state index is 12.7. The highest BCUT2D eigenvalue weighted by Crippen LogP contribution is 2.31. The number of imide groups is 1. The fourth-order valence-corrected chi connectivity index (χ4v) is 3.84. The van der Waals surface area contributed by atoms with Gasteiger partial charge in [-0.1, -0.05) is 26.7 Å². The first-order valence-electron chi connectivity index (χ1n) is 8.78. The fourth-order valence-electron chi connectivity index (χ4n) is 3.84. The fraction of sp³-hybridized carbons (Fsp3) is 0.579. The lowest BCUT2D eigenvalue weighted by atomic mass is 9.78. The first-order chi connectivity index (χ1) is 11.5. The Bertz CT molecular complexity index is 614. The molecule has 2 fully saturated rings. The third-order valence-corrected chi connectivity index (χ3v) is 5.60. The Morgan fingerprint density at radius 1 is 1.12 bits per heavy atom. The van der Waals surface area contributed by atoms with E-state index in [0.717, 1.165) is 6.42 Å². The van der Waals surface area contributed by atoms with E-state index in [1.165, 1.54) is 17.7 Å². The first kappa shape index (κ1) is 17.0. The summed E-state index contributed by atoms with van der Waals surface area (Å²) in [7, 11) is 1.59. The molecule has 1 saturated carbocycles. The molecule has 0 aromatic heterocycles. The van der Waals surface area contributed by atoms with Gasteiger partial charge in [-0.25, -0.2) is 4.90 Å². The number of methoxy groups -OCH3 is 1. The molecule has 0 bridgehead atoms. The van der Waals surface area contributed by atoms with Gasteiger partial charge in [-0.15, -0.1) is 0 Å². The average Bonchev–Trinajstić information content (AvgIpc) is 2.86. The van der Waals surface area contributed by atoms with Crippen LogP contribution in [0.5, 0.6) is 5.75 Å². The standard InChI is InChI=1S/C19H26N2O3/c1-12-5-4-6-16(13(12)2)20-17-11-18(22)21(19(17)23)14-7-9-15(24-3)10-8-14/h7-10,12-13,16-17,20H,4-6,11H2,1-3H3/t12-,13-,16-,17-/m1/s1. The minimum absolute atomic E-state index is 0.140. The van der Waals surface area contributed by atoms with Crippen molar-refractivity contribution >= 4 is 17.5 Å². The maximum Gasteiger partial charge on any atom is 0.251 e. The number of hydrogen-bond donors (Lipinski definition) is 1. The minimum Gasteiger partial charge on any atom is -0.497 e. The highest BCUT2D eigenvalue weighted by molar-refractivity contribution is 6.22. The molecule has 5 heteroatoms. The first-order valence-corrected chi connectivity index (χ1v) is 8.78. The van der Waals surface area contributed by atoms with Gasteiger partial charge in [0.25, 0.3) is 5.91 Å². The molecule has 0 spiro atoms. The third-order valence-electron chi connectivity index (χ3n) is 5.60. The second-order valence-corrected chi connectivity index (χ2v) is 7.06. The lowest BCUT2D eigenvalue weighted by molar-refractivity contribution is -0.121. The Balaban J connectivity index is 1.71. The molecule has 1 aliphatic carbocycles. The molecule has 1 aromatic carbocycles. The van der Waals surface area contributed by atoms with Crippen LogP contribution in [0.15, 0.2) is 24.3 Å². The zero-order valence-electron chi connectivity index (χ0n) is 14.6. The van der Waals surface area contributed by atoms with Gasteiger partial charge in [0, 0.05) is 6.04 Å². The molecule has 0 unspecified atom stereocenters. The van der Waals surface area contributed by atoms with Gasteiger partial charge in [-0.3, -0.25) is 9.59 Å². The zero-order valence-corrected chi connectivity index (χ0v) is 14.6. The van der Waals surface area contributed by atoms with Gasteiger partial charge in [0.15, 0.2) is 0 Å². The molecule has 4 atom stereocenters. The zero-order chi connectivity index (χ0) is 17.3. The van der Waals surface area contributed by atoms with E-state index >= 15 is 0 Å². The van der Waals surface area contributed by atoms with Crippen LogP contribution in [-0.2, 0) is 9.59 Å². The molecule has 24 heavy (non-hydrogen) atoms. The van der Waals surface area contributed by atoms with Crippen LogP contribution >= 0.6 is 0 Å². The predicted molar refractivity (Wildman–Crippen MR) is 93.0 cm³/mol. The number of rotatable bonds is 4. The number of nitrogens with one attached hydrogen (secondary N) is 1. The van der Waals surface area contributed by atoms with Crippen LogP contribution < -0.4 is 15.0 Å². The molecule has 5 nitrogen and oxygen atoms in total. The van der Waals surface area contributed by atoms with E-state index in [4.69, 9.17) is 4.74 Å². The molecule has 1 aromatic rings. The molecular weight excluding hydrogens is 304 g/mol. The molecule has 1 heterocycles. The van der Waals surface area contributed by atoms with Crippen molar-refractivity contribution in [2.24, 2.45) is 11.8 Å². The minimum atomic E-state index is -0.405. The van der Waals surface area contributed by atoms with Crippen LogP contribution in [0, 0.1) is 11.8 Å². The van der Waals surface area contributed by atoms with Crippen LogP contribution in [0.1, 0.15) is 39.5 Å². The number of amides is 2. The van der Waals surface area contributed by atoms with Crippen molar-refractivity contribution < 1.29 is 14.3 Å². The van der Waals surface area contributed by atoms with E-state index < -0.39 is 6.04 Å². The van der Waals surface area contributed by atoms with E-state index in [2.05, 4.69) is 19.2 Å². The lowest BCUT2D eigenvalue weighted by Crippen LogP contribution is -2.48. The molecular formula is C19H26N2O3. The van der Waals surface area contributed by atoms with Gasteiger partial charge >= 0.3 is 0 Å². The number of benzene rings is 1. The molecule has 0 radical (unpaired) electrons. The van der Waals surface area contributed by atoms with E-state index in [1.54, 1.807) is 31.4 Å². The average molecular weight is 330 g/mol. The van der Waals surface area contributed by atoms with Gasteiger partial charge < -0.3 is 10.1 Å². The van der Waals surface area contributed by atoms with Crippen LogP contribution in [0.2, 0.25) is 0 Å². The van der Waals surface area contributed by atoms with Crippen molar-refractivity contribution in [3.8, 4) is 5.75 Å². The van der Waals surface area contributed by atoms with Crippen molar-refractivity contribution in [2.75, 3.05) is 12.0 Å². The second-order valence-electron chi connectivity index (χ2n) is 7.06. The summed E-state index contributed by atoms with van der Waals surface area (Å²) < 4.78 is 5.13. The molecule has 3 rings (SSSR count). The molecule has 1 saturated heterocycles. The molecule has 1 aliphatic heterocycles. The van der Waals surface area contributed by atoms with Gasteiger partial charge in [0.1, 0.15) is 5.75 Å². The van der Waals surface area contributed by atoms with E-state index in [9.17, 15) is 9.59 Å². The van der Waals surface area contributed by atoms with Crippen molar-refractivity contribution in [1.82, 2.24) is 5.32 Å². The summed E-state index contributed by atoms with van der Waals surface area (Å²) in [6, 6.07) is 6.94. The summed E-state index contributed by atoms with van der Waals surface area (Å²) >= 11 is 0. The number of hydrogen-bond acceptors (Lipinski definition) is 4. The molecule has 1 N–H and O–H groups in total. The largest absolute Gasteiger partial charge is 0.497 e. The van der Waals surface area contributed by atoms with Crippen LogP contribution in [-0.4, -0.2) is 31.0 Å². The Morgan fingerprint density at radius 3 is 2.50 bits per heavy atom. The SMILES string of the molecule is COc1ccc(N2C(=O)C[C@@H](N[C@@H]3CCC[C@@H](C)[C@H]3C)C2=O)cc1. The Hall–Kier alpha value is -1.88. The predicted octanol–water partition coefficient (Wildman–Crippen LogP) is 2.74. The number of carbonyl (C=O) groups is 2. The van der Waals surface area contributed by atoms with Gasteiger partial charge in [-0.2, -0.15) is 0 Å². The van der Waals surface area contributed by atoms with Crippen LogP contribution in [0.4, 0.5) is 5.69 Å². The van der Waals surface area contributed by atoms with E-state index in [-0.39, 0.29) is 18.2 Å². The summed E-state index contributed by atoms with van der Waals surface area (Å²) in [4.78, 5) is 26.4. The van der Waals surface area contributed by atoms with Crippen molar-refractivity contribution in [1.29, 1.82) is 0 Å². The summed E-state index contributed by atoms with van der Waals surface area (Å²) in [5.74, 6) is 1.60. The summed E-state index contributed by atoms with van der Waals surface area (Å²) in [6.45, 7) is 4.51. The van der Waals surface area contributed by atoms with Crippen LogP contribution in [0.25, 0.3) is 0 Å². The number of carbonyl (C=O) groups excluding carboxylic acids is 2. The number of anilines is 1. The summed E-state index contributed by atoms with van der Waals surface area (Å²) in [6.07, 6.45) is 3.74. The van der Waals surface area contributed by atoms with Crippen LogP contribution in [0.3, 0.4) is 0 Å². The monoisotopic (exact) mass is 330 g/mol. The molecule has 2 aliphatic rings. The maximum absolute atomic E-state index is 12.7. The lowest BCUT2D eigenvalue weighted by Gasteiger charge is -2.36. The molecule has 2 amide bonds. The van der Waals surface area contributed by atoms with E-state index in [1.807, 2.05) is 0 Å². The topological polar surface area (TPSA) is 58.6 Å². The smallest absolute Gasteiger partial charge is 0.251 e. The Labute approximate surface area is 143 Å². The summed E-state index contributed by atoms with van der Waals surface area (Å²) in [5, 5.41) is 3.46. The van der Waals surface area contributed by atoms with Gasteiger partial charge in [-0.05, 0) is 42.5 Å². The van der Waals surface area contributed by atoms with E-state index in [0.29, 0.717) is 29.3 Å². The molecule has 130 valence electrons. The second kappa shape index (κ2) is 6.93.